The number of hydrogen-bond donors (Lipinski definition) is 2. The van der Waals surface area contributed by atoms with E-state index in [0.29, 0.717) is 22.6 Å². The maximum Gasteiger partial charge on any atom is 0.243 e. The van der Waals surface area contributed by atoms with Crippen LogP contribution in [0.15, 0.2) is 24.4 Å². The van der Waals surface area contributed by atoms with Crippen LogP contribution in [-0.4, -0.2) is 25.8 Å². The number of aromatic amines is 1. The van der Waals surface area contributed by atoms with Gasteiger partial charge in [-0.25, -0.2) is 14.8 Å². The summed E-state index contributed by atoms with van der Waals surface area (Å²) in [5, 5.41) is 4.27. The Kier molecular flexibility index (Phi) is 2.75. The molecular formula is C15H14FN5O. The van der Waals surface area contributed by atoms with Gasteiger partial charge in [-0.15, -0.1) is 5.10 Å². The van der Waals surface area contributed by atoms with Crippen LogP contribution in [0, 0.1) is 18.7 Å². The van der Waals surface area contributed by atoms with E-state index in [9.17, 15) is 9.18 Å². The maximum atomic E-state index is 13.6. The number of H-pyrrole nitrogens is 1. The van der Waals surface area contributed by atoms with E-state index in [1.54, 1.807) is 25.3 Å². The third-order valence-electron chi connectivity index (χ3n) is 3.77. The van der Waals surface area contributed by atoms with Gasteiger partial charge in [0.2, 0.25) is 5.91 Å². The highest BCUT2D eigenvalue weighted by atomic mass is 19.1. The first-order valence-corrected chi connectivity index (χ1v) is 7.13. The fraction of sp³-hybridized carbons (Fsp3) is 0.267. The summed E-state index contributed by atoms with van der Waals surface area (Å²) in [5.74, 6) is 0.356. The molecule has 1 amide bonds. The number of aryl methyl sites for hydroxylation is 1. The van der Waals surface area contributed by atoms with Crippen LogP contribution in [0.3, 0.4) is 0 Å². The predicted octanol–water partition coefficient (Wildman–Crippen LogP) is 2.35. The van der Waals surface area contributed by atoms with Crippen LogP contribution >= 0.6 is 0 Å². The molecule has 1 saturated carbocycles. The number of benzene rings is 1. The van der Waals surface area contributed by atoms with Gasteiger partial charge in [-0.1, -0.05) is 0 Å². The molecule has 0 aliphatic heterocycles. The van der Waals surface area contributed by atoms with Crippen LogP contribution < -0.4 is 5.43 Å². The largest absolute Gasteiger partial charge is 0.337 e. The lowest BCUT2D eigenvalue weighted by Crippen LogP contribution is -2.24. The van der Waals surface area contributed by atoms with Crippen molar-refractivity contribution in [1.82, 2.24) is 19.9 Å². The molecule has 1 aromatic carbocycles. The number of fused-ring (bicyclic) bond motifs is 1. The van der Waals surface area contributed by atoms with Gasteiger partial charge in [-0.3, -0.25) is 4.79 Å². The van der Waals surface area contributed by atoms with Crippen molar-refractivity contribution >= 4 is 16.9 Å². The lowest BCUT2D eigenvalue weighted by molar-refractivity contribution is -0.118. The van der Waals surface area contributed by atoms with Gasteiger partial charge in [0.05, 0.1) is 11.0 Å². The first kappa shape index (κ1) is 13.0. The molecule has 6 nitrogen and oxygen atoms in total. The summed E-state index contributed by atoms with van der Waals surface area (Å²) in [7, 11) is 0. The zero-order chi connectivity index (χ0) is 15.3. The number of hydrogen-bond acceptors (Lipinski definition) is 3. The molecule has 0 atom stereocenters. The summed E-state index contributed by atoms with van der Waals surface area (Å²) in [5.41, 5.74) is 5.17. The minimum Gasteiger partial charge on any atom is -0.337 e. The monoisotopic (exact) mass is 299 g/mol. The Morgan fingerprint density at radius 1 is 1.45 bits per heavy atom. The fourth-order valence-electron chi connectivity index (χ4n) is 2.32. The summed E-state index contributed by atoms with van der Waals surface area (Å²) in [6, 6.07) is 4.86. The summed E-state index contributed by atoms with van der Waals surface area (Å²) in [6.45, 7) is 1.71. The Labute approximate surface area is 125 Å². The highest BCUT2D eigenvalue weighted by Gasteiger charge is 2.29. The molecule has 2 heterocycles. The molecular weight excluding hydrogens is 285 g/mol. The Morgan fingerprint density at radius 2 is 2.27 bits per heavy atom. The number of halogens is 1. The minimum atomic E-state index is -0.284. The first-order chi connectivity index (χ1) is 10.6. The third kappa shape index (κ3) is 2.24. The van der Waals surface area contributed by atoms with E-state index < -0.39 is 0 Å². The Hall–Kier alpha value is -2.70. The topological polar surface area (TPSA) is 75.6 Å². The zero-order valence-corrected chi connectivity index (χ0v) is 11.9. The fourth-order valence-corrected chi connectivity index (χ4v) is 2.32. The molecule has 0 bridgehead atoms. The number of aromatic nitrogens is 4. The van der Waals surface area contributed by atoms with Crippen molar-refractivity contribution < 1.29 is 9.18 Å². The standard InChI is InChI=1S/C15H14FN5O/c1-8-6-12-13(7-10(8)16)18-14(17-12)11-4-5-21(19-11)20-15(22)9-2-3-9/h4-7,9H,2-3H2,1H3,(H,17,18)(H,20,22). The van der Waals surface area contributed by atoms with Crippen molar-refractivity contribution in [2.75, 3.05) is 5.43 Å². The molecule has 22 heavy (non-hydrogen) atoms. The first-order valence-electron chi connectivity index (χ1n) is 7.13. The smallest absolute Gasteiger partial charge is 0.243 e. The van der Waals surface area contributed by atoms with Gasteiger partial charge >= 0.3 is 0 Å². The van der Waals surface area contributed by atoms with Crippen molar-refractivity contribution in [3.8, 4) is 11.5 Å². The second-order valence-corrected chi connectivity index (χ2v) is 5.60. The van der Waals surface area contributed by atoms with Crippen molar-refractivity contribution in [3.05, 3.63) is 35.8 Å². The number of carbonyl (C=O) groups is 1. The molecule has 0 radical (unpaired) electrons. The average Bonchev–Trinajstić information content (AvgIpc) is 3.11. The Balaban J connectivity index is 1.64. The van der Waals surface area contributed by atoms with E-state index in [1.807, 2.05) is 0 Å². The predicted molar refractivity (Wildman–Crippen MR) is 79.1 cm³/mol. The second-order valence-electron chi connectivity index (χ2n) is 5.60. The average molecular weight is 299 g/mol. The van der Waals surface area contributed by atoms with Gasteiger partial charge < -0.3 is 4.98 Å². The lowest BCUT2D eigenvalue weighted by Gasteiger charge is -2.02. The summed E-state index contributed by atoms with van der Waals surface area (Å²) in [4.78, 5) is 20.5. The minimum absolute atomic E-state index is 0.0167. The van der Waals surface area contributed by atoms with Gasteiger partial charge in [-0.05, 0) is 37.5 Å². The van der Waals surface area contributed by atoms with Crippen LogP contribution in [-0.2, 0) is 4.79 Å². The Bertz CT molecular complexity index is 838. The third-order valence-corrected chi connectivity index (χ3v) is 3.77. The molecule has 0 spiro atoms. The van der Waals surface area contributed by atoms with Crippen LogP contribution in [0.25, 0.3) is 22.6 Å². The number of nitrogens with zero attached hydrogens (tertiary/aromatic N) is 3. The molecule has 2 aromatic heterocycles. The number of carbonyl (C=O) groups excluding carboxylic acids is 1. The van der Waals surface area contributed by atoms with Gasteiger partial charge in [-0.2, -0.15) is 4.79 Å². The van der Waals surface area contributed by atoms with Crippen LogP contribution in [0.5, 0.6) is 0 Å². The van der Waals surface area contributed by atoms with Crippen molar-refractivity contribution in [2.24, 2.45) is 5.92 Å². The van der Waals surface area contributed by atoms with Gasteiger partial charge in [0.1, 0.15) is 11.5 Å². The molecule has 1 aliphatic rings. The van der Waals surface area contributed by atoms with Crippen molar-refractivity contribution in [1.29, 1.82) is 0 Å². The molecule has 1 fully saturated rings. The molecule has 112 valence electrons. The maximum absolute atomic E-state index is 13.6. The summed E-state index contributed by atoms with van der Waals surface area (Å²) in [6.07, 6.45) is 3.54. The second kappa shape index (κ2) is 4.66. The summed E-state index contributed by atoms with van der Waals surface area (Å²) < 4.78 is 13.6. The normalized spacial score (nSPS) is 14.5. The number of imidazole rings is 1. The molecule has 1 aliphatic carbocycles. The SMILES string of the molecule is Cc1cc2[nH]c(-c3ccn(NC(=O)C4CC4)n3)nc2cc1F. The number of rotatable bonds is 3. The van der Waals surface area contributed by atoms with Gasteiger partial charge in [0.15, 0.2) is 5.82 Å². The quantitative estimate of drug-likeness (QED) is 0.779. The van der Waals surface area contributed by atoms with Crippen LogP contribution in [0.2, 0.25) is 0 Å². The van der Waals surface area contributed by atoms with Crippen molar-refractivity contribution in [3.63, 3.8) is 0 Å². The number of nitrogens with one attached hydrogen (secondary N) is 2. The number of amides is 1. The summed E-state index contributed by atoms with van der Waals surface area (Å²) >= 11 is 0. The molecule has 4 rings (SSSR count). The van der Waals surface area contributed by atoms with Crippen LogP contribution in [0.1, 0.15) is 18.4 Å². The Morgan fingerprint density at radius 3 is 3.05 bits per heavy atom. The zero-order valence-electron chi connectivity index (χ0n) is 11.9. The van der Waals surface area contributed by atoms with E-state index in [-0.39, 0.29) is 17.6 Å². The van der Waals surface area contributed by atoms with E-state index in [0.717, 1.165) is 18.4 Å². The van der Waals surface area contributed by atoms with E-state index in [4.69, 9.17) is 0 Å². The van der Waals surface area contributed by atoms with Gasteiger partial charge in [0.25, 0.3) is 0 Å². The molecule has 2 N–H and O–H groups in total. The molecule has 3 aromatic rings. The molecule has 7 heteroatoms. The van der Waals surface area contributed by atoms with Crippen molar-refractivity contribution in [2.45, 2.75) is 19.8 Å². The lowest BCUT2D eigenvalue weighted by atomic mass is 10.2. The molecule has 0 saturated heterocycles. The van der Waals surface area contributed by atoms with E-state index in [2.05, 4.69) is 20.5 Å². The molecule has 0 unspecified atom stereocenters. The van der Waals surface area contributed by atoms with Crippen LogP contribution in [0.4, 0.5) is 4.39 Å². The van der Waals surface area contributed by atoms with E-state index >= 15 is 0 Å². The van der Waals surface area contributed by atoms with Gasteiger partial charge in [0, 0.05) is 18.2 Å². The highest BCUT2D eigenvalue weighted by Crippen LogP contribution is 2.29. The highest BCUT2D eigenvalue weighted by molar-refractivity contribution is 5.87. The van der Waals surface area contributed by atoms with E-state index in [1.165, 1.54) is 10.9 Å².